The van der Waals surface area contributed by atoms with Crippen molar-refractivity contribution in [2.45, 2.75) is 6.42 Å². The fourth-order valence-corrected chi connectivity index (χ4v) is 3.71. The van der Waals surface area contributed by atoms with E-state index in [0.29, 0.717) is 40.8 Å². The molecule has 1 aliphatic rings. The summed E-state index contributed by atoms with van der Waals surface area (Å²) in [4.78, 5) is 11.0. The summed E-state index contributed by atoms with van der Waals surface area (Å²) in [5, 5.41) is 7.83. The van der Waals surface area contributed by atoms with Crippen LogP contribution in [0.3, 0.4) is 0 Å². The Hall–Kier alpha value is -3.63. The van der Waals surface area contributed by atoms with E-state index in [1.54, 1.807) is 25.7 Å². The molecule has 4 heterocycles. The van der Waals surface area contributed by atoms with Gasteiger partial charge in [-0.15, -0.1) is 5.10 Å². The Balaban J connectivity index is 1.29. The zero-order chi connectivity index (χ0) is 22.5. The van der Waals surface area contributed by atoms with Gasteiger partial charge in [0, 0.05) is 37.3 Å². The molecule has 33 heavy (non-hydrogen) atoms. The summed E-state index contributed by atoms with van der Waals surface area (Å²) in [6.45, 7) is 5.09. The minimum Gasteiger partial charge on any atom is -0.493 e. The van der Waals surface area contributed by atoms with Gasteiger partial charge in [0.05, 0.1) is 56.1 Å². The van der Waals surface area contributed by atoms with Crippen LogP contribution in [0, 0.1) is 0 Å². The molecule has 0 amide bonds. The van der Waals surface area contributed by atoms with Crippen molar-refractivity contribution in [2.75, 3.05) is 46.6 Å². The number of aromatic nitrogens is 4. The second kappa shape index (κ2) is 9.88. The van der Waals surface area contributed by atoms with Crippen molar-refractivity contribution < 1.29 is 23.4 Å². The van der Waals surface area contributed by atoms with E-state index < -0.39 is 0 Å². The number of nitrogens with zero attached hydrogens (tertiary/aromatic N) is 4. The van der Waals surface area contributed by atoms with E-state index >= 15 is 0 Å². The molecule has 172 valence electrons. The Bertz CT molecular complexity index is 1190. The Morgan fingerprint density at radius 2 is 2.03 bits per heavy atom. The molecule has 1 aliphatic heterocycles. The summed E-state index contributed by atoms with van der Waals surface area (Å²) in [6, 6.07) is 7.29. The number of methoxy groups -OCH3 is 1. The van der Waals surface area contributed by atoms with E-state index in [-0.39, 0.29) is 0 Å². The maximum absolute atomic E-state index is 6.02. The van der Waals surface area contributed by atoms with Crippen LogP contribution in [0.2, 0.25) is 0 Å². The Labute approximate surface area is 190 Å². The van der Waals surface area contributed by atoms with E-state index in [1.165, 1.54) is 6.33 Å². The van der Waals surface area contributed by atoms with Crippen LogP contribution >= 0.6 is 0 Å². The highest BCUT2D eigenvalue weighted by Gasteiger charge is 2.15. The molecular weight excluding hydrogens is 426 g/mol. The molecule has 0 spiro atoms. The van der Waals surface area contributed by atoms with Crippen LogP contribution in [0.4, 0.5) is 0 Å². The number of furan rings is 1. The van der Waals surface area contributed by atoms with Gasteiger partial charge < -0.3 is 23.4 Å². The van der Waals surface area contributed by atoms with E-state index in [1.807, 2.05) is 18.2 Å². The average molecular weight is 451 g/mol. The second-order valence-electron chi connectivity index (χ2n) is 7.59. The van der Waals surface area contributed by atoms with Crippen molar-refractivity contribution in [1.82, 2.24) is 25.1 Å². The molecule has 1 aromatic carbocycles. The Morgan fingerprint density at radius 1 is 1.12 bits per heavy atom. The van der Waals surface area contributed by atoms with Gasteiger partial charge in [-0.25, -0.2) is 9.97 Å². The van der Waals surface area contributed by atoms with Gasteiger partial charge in [-0.2, -0.15) is 0 Å². The van der Waals surface area contributed by atoms with Crippen molar-refractivity contribution in [2.24, 2.45) is 0 Å². The molecule has 3 aromatic heterocycles. The van der Waals surface area contributed by atoms with Crippen molar-refractivity contribution in [3.63, 3.8) is 0 Å². The summed E-state index contributed by atoms with van der Waals surface area (Å²) in [6.07, 6.45) is 5.60. The number of ether oxygens (including phenoxy) is 4. The first-order valence-corrected chi connectivity index (χ1v) is 10.8. The topological polar surface area (TPSA) is 108 Å². The van der Waals surface area contributed by atoms with Crippen LogP contribution in [-0.2, 0) is 4.74 Å². The lowest BCUT2D eigenvalue weighted by Gasteiger charge is -2.26. The highest BCUT2D eigenvalue weighted by atomic mass is 16.5. The van der Waals surface area contributed by atoms with Gasteiger partial charge in [0.25, 0.3) is 0 Å². The van der Waals surface area contributed by atoms with Crippen molar-refractivity contribution in [3.8, 4) is 34.5 Å². The highest BCUT2D eigenvalue weighted by Crippen LogP contribution is 2.36. The summed E-state index contributed by atoms with van der Waals surface area (Å²) in [7, 11) is 1.61. The number of H-pyrrole nitrogens is 1. The van der Waals surface area contributed by atoms with Gasteiger partial charge in [0.1, 0.15) is 6.33 Å². The van der Waals surface area contributed by atoms with E-state index in [0.717, 1.165) is 50.5 Å². The zero-order valence-corrected chi connectivity index (χ0v) is 18.3. The van der Waals surface area contributed by atoms with Crippen LogP contribution in [-0.4, -0.2) is 71.6 Å². The molecule has 0 aliphatic carbocycles. The predicted molar refractivity (Wildman–Crippen MR) is 120 cm³/mol. The Morgan fingerprint density at radius 3 is 2.85 bits per heavy atom. The number of hydrogen-bond acceptors (Lipinski definition) is 9. The number of benzene rings is 1. The lowest BCUT2D eigenvalue weighted by Crippen LogP contribution is -2.37. The zero-order valence-electron chi connectivity index (χ0n) is 18.3. The third kappa shape index (κ3) is 4.91. The fraction of sp³-hybridized carbons (Fsp3) is 0.348. The van der Waals surface area contributed by atoms with Gasteiger partial charge in [-0.1, -0.05) is 0 Å². The fourth-order valence-electron chi connectivity index (χ4n) is 3.71. The molecular formula is C23H25N5O5. The maximum atomic E-state index is 6.02. The summed E-state index contributed by atoms with van der Waals surface area (Å²) >= 11 is 0. The summed E-state index contributed by atoms with van der Waals surface area (Å²) in [5.41, 5.74) is 2.35. The molecule has 0 bridgehead atoms. The standard InChI is InChI=1S/C23H25N5O5/c1-29-20-11-17-19(12-21(20)32-7-2-4-28-5-9-30-10-6-28)24-15-25-23(17)33-22-13-18(26-27-22)16-3-8-31-14-16/h3,8,11-15H,2,4-7,9-10H2,1H3,(H,26,27). The second-order valence-corrected chi connectivity index (χ2v) is 7.59. The van der Waals surface area contributed by atoms with Gasteiger partial charge in [0.2, 0.25) is 11.8 Å². The van der Waals surface area contributed by atoms with Gasteiger partial charge in [0.15, 0.2) is 11.5 Å². The number of hydrogen-bond donors (Lipinski definition) is 1. The SMILES string of the molecule is COc1cc2c(Oc3cc(-c4ccoc4)[nH]n3)ncnc2cc1OCCCN1CCOCC1. The van der Waals surface area contributed by atoms with Crippen LogP contribution in [0.1, 0.15) is 6.42 Å². The summed E-state index contributed by atoms with van der Waals surface area (Å²) in [5.74, 6) is 1.99. The normalized spacial score (nSPS) is 14.5. The van der Waals surface area contributed by atoms with Crippen LogP contribution in [0.5, 0.6) is 23.3 Å². The van der Waals surface area contributed by atoms with E-state index in [2.05, 4.69) is 25.1 Å². The van der Waals surface area contributed by atoms with Gasteiger partial charge in [-0.3, -0.25) is 10.00 Å². The molecule has 0 radical (unpaired) electrons. The first-order valence-electron chi connectivity index (χ1n) is 10.8. The lowest BCUT2D eigenvalue weighted by molar-refractivity contribution is 0.0357. The molecule has 4 aromatic rings. The maximum Gasteiger partial charge on any atom is 0.240 e. The van der Waals surface area contributed by atoms with E-state index in [4.69, 9.17) is 23.4 Å². The van der Waals surface area contributed by atoms with Crippen molar-refractivity contribution in [3.05, 3.63) is 43.1 Å². The smallest absolute Gasteiger partial charge is 0.240 e. The average Bonchev–Trinajstić information content (AvgIpc) is 3.54. The van der Waals surface area contributed by atoms with Crippen molar-refractivity contribution in [1.29, 1.82) is 0 Å². The lowest BCUT2D eigenvalue weighted by atomic mass is 10.2. The first-order chi connectivity index (χ1) is 16.3. The highest BCUT2D eigenvalue weighted by molar-refractivity contribution is 5.87. The molecule has 10 heteroatoms. The largest absolute Gasteiger partial charge is 0.493 e. The predicted octanol–water partition coefficient (Wildman–Crippen LogP) is 3.51. The monoisotopic (exact) mass is 451 g/mol. The number of aromatic amines is 1. The molecule has 0 saturated carbocycles. The first kappa shape index (κ1) is 21.2. The van der Waals surface area contributed by atoms with Crippen LogP contribution < -0.4 is 14.2 Å². The molecule has 0 unspecified atom stereocenters. The molecule has 0 atom stereocenters. The molecule has 1 N–H and O–H groups in total. The van der Waals surface area contributed by atoms with Gasteiger partial charge >= 0.3 is 0 Å². The van der Waals surface area contributed by atoms with Crippen LogP contribution in [0.25, 0.3) is 22.2 Å². The number of fused-ring (bicyclic) bond motifs is 1. The van der Waals surface area contributed by atoms with Crippen LogP contribution in [0.15, 0.2) is 47.5 Å². The van der Waals surface area contributed by atoms with Gasteiger partial charge in [-0.05, 0) is 18.6 Å². The summed E-state index contributed by atoms with van der Waals surface area (Å²) < 4.78 is 28.0. The van der Waals surface area contributed by atoms with Crippen molar-refractivity contribution >= 4 is 10.9 Å². The third-order valence-electron chi connectivity index (χ3n) is 5.45. The molecule has 1 fully saturated rings. The molecule has 5 rings (SSSR count). The number of morpholine rings is 1. The van der Waals surface area contributed by atoms with E-state index in [9.17, 15) is 0 Å². The quantitative estimate of drug-likeness (QED) is 0.382. The molecule has 1 saturated heterocycles. The number of nitrogens with one attached hydrogen (secondary N) is 1. The minimum atomic E-state index is 0.377. The Kier molecular flexibility index (Phi) is 6.36. The molecule has 10 nitrogen and oxygen atoms in total. The number of rotatable bonds is 9. The minimum absolute atomic E-state index is 0.377. The third-order valence-corrected chi connectivity index (χ3v) is 5.45.